The predicted octanol–water partition coefficient (Wildman–Crippen LogP) is 0.981. The highest BCUT2D eigenvalue weighted by atomic mass is 16.4. The maximum Gasteiger partial charge on any atom is 0.320 e. The normalized spacial score (nSPS) is 19.3. The summed E-state index contributed by atoms with van der Waals surface area (Å²) in [5.41, 5.74) is 2.33. The summed E-state index contributed by atoms with van der Waals surface area (Å²) in [6.45, 7) is 8.08. The molecule has 0 bridgehead atoms. The van der Waals surface area contributed by atoms with Crippen molar-refractivity contribution in [3.63, 3.8) is 0 Å². The minimum atomic E-state index is -0.742. The van der Waals surface area contributed by atoms with E-state index in [9.17, 15) is 4.79 Å². The summed E-state index contributed by atoms with van der Waals surface area (Å²) in [7, 11) is 0. The van der Waals surface area contributed by atoms with Crippen molar-refractivity contribution in [3.05, 3.63) is 29.6 Å². The van der Waals surface area contributed by atoms with Gasteiger partial charge in [0.1, 0.15) is 6.04 Å². The standard InChI is InChI=1S/C14H21N3O2/c1-11-4-3-5-15-13(11)10-16-6-8-17(9-7-16)12(2)14(18)19/h3-5,12H,6-10H2,1-2H3,(H,18,19). The zero-order chi connectivity index (χ0) is 13.8. The number of hydrogen-bond acceptors (Lipinski definition) is 4. The van der Waals surface area contributed by atoms with E-state index in [2.05, 4.69) is 22.9 Å². The summed E-state index contributed by atoms with van der Waals surface area (Å²) in [6.07, 6.45) is 1.82. The third kappa shape index (κ3) is 3.52. The van der Waals surface area contributed by atoms with Crippen molar-refractivity contribution in [3.8, 4) is 0 Å². The van der Waals surface area contributed by atoms with Crippen molar-refractivity contribution in [2.75, 3.05) is 26.2 Å². The first-order valence-corrected chi connectivity index (χ1v) is 6.67. The minimum absolute atomic E-state index is 0.390. The van der Waals surface area contributed by atoms with Gasteiger partial charge in [-0.2, -0.15) is 0 Å². The summed E-state index contributed by atoms with van der Waals surface area (Å²) in [5, 5.41) is 9.01. The Morgan fingerprint density at radius 1 is 1.42 bits per heavy atom. The lowest BCUT2D eigenvalue weighted by Crippen LogP contribution is -2.51. The lowest BCUT2D eigenvalue weighted by atomic mass is 10.2. The SMILES string of the molecule is Cc1cccnc1CN1CCN(C(C)C(=O)O)CC1. The number of nitrogens with zero attached hydrogens (tertiary/aromatic N) is 3. The number of carboxylic acids is 1. The van der Waals surface area contributed by atoms with Gasteiger partial charge < -0.3 is 5.11 Å². The van der Waals surface area contributed by atoms with Crippen molar-refractivity contribution in [2.24, 2.45) is 0 Å². The van der Waals surface area contributed by atoms with Crippen LogP contribution in [-0.2, 0) is 11.3 Å². The molecule has 0 aromatic carbocycles. The Kier molecular flexibility index (Phi) is 4.50. The average molecular weight is 263 g/mol. The highest BCUT2D eigenvalue weighted by molar-refractivity contribution is 5.72. The Bertz CT molecular complexity index is 442. The fourth-order valence-electron chi connectivity index (χ4n) is 2.36. The third-order valence-corrected chi connectivity index (χ3v) is 3.80. The zero-order valence-electron chi connectivity index (χ0n) is 11.5. The molecule has 0 radical (unpaired) electrons. The third-order valence-electron chi connectivity index (χ3n) is 3.80. The Morgan fingerprint density at radius 3 is 2.68 bits per heavy atom. The van der Waals surface area contributed by atoms with E-state index in [-0.39, 0.29) is 0 Å². The molecule has 2 rings (SSSR count). The second kappa shape index (κ2) is 6.12. The largest absolute Gasteiger partial charge is 0.480 e. The van der Waals surface area contributed by atoms with Gasteiger partial charge in [-0.1, -0.05) is 6.07 Å². The second-order valence-electron chi connectivity index (χ2n) is 5.09. The van der Waals surface area contributed by atoms with E-state index in [1.807, 2.05) is 17.2 Å². The maximum absolute atomic E-state index is 11.0. The van der Waals surface area contributed by atoms with E-state index in [0.29, 0.717) is 0 Å². The summed E-state index contributed by atoms with van der Waals surface area (Å²) >= 11 is 0. The molecule has 1 aliphatic rings. The van der Waals surface area contributed by atoms with Crippen LogP contribution in [-0.4, -0.2) is 58.1 Å². The molecular formula is C14H21N3O2. The quantitative estimate of drug-likeness (QED) is 0.877. The van der Waals surface area contributed by atoms with E-state index in [4.69, 9.17) is 5.11 Å². The van der Waals surface area contributed by atoms with Gasteiger partial charge in [0, 0.05) is 38.9 Å². The second-order valence-corrected chi connectivity index (χ2v) is 5.09. The molecule has 1 saturated heterocycles. The molecule has 1 fully saturated rings. The maximum atomic E-state index is 11.0. The smallest absolute Gasteiger partial charge is 0.320 e. The molecule has 0 spiro atoms. The number of aliphatic carboxylic acids is 1. The summed E-state index contributed by atoms with van der Waals surface area (Å²) in [4.78, 5) is 19.7. The number of hydrogen-bond donors (Lipinski definition) is 1. The van der Waals surface area contributed by atoms with E-state index < -0.39 is 12.0 Å². The monoisotopic (exact) mass is 263 g/mol. The molecule has 1 aromatic rings. The van der Waals surface area contributed by atoms with Crippen molar-refractivity contribution in [1.82, 2.24) is 14.8 Å². The van der Waals surface area contributed by atoms with Crippen LogP contribution >= 0.6 is 0 Å². The number of aromatic nitrogens is 1. The van der Waals surface area contributed by atoms with Gasteiger partial charge in [-0.3, -0.25) is 19.6 Å². The van der Waals surface area contributed by atoms with Crippen LogP contribution in [0.5, 0.6) is 0 Å². The molecular weight excluding hydrogens is 242 g/mol. The minimum Gasteiger partial charge on any atom is -0.480 e. The predicted molar refractivity (Wildman–Crippen MR) is 72.9 cm³/mol. The fourth-order valence-corrected chi connectivity index (χ4v) is 2.36. The van der Waals surface area contributed by atoms with Crippen LogP contribution < -0.4 is 0 Å². The van der Waals surface area contributed by atoms with Crippen LogP contribution in [0.4, 0.5) is 0 Å². The highest BCUT2D eigenvalue weighted by Gasteiger charge is 2.25. The van der Waals surface area contributed by atoms with Gasteiger partial charge in [0.2, 0.25) is 0 Å². The zero-order valence-corrected chi connectivity index (χ0v) is 11.5. The summed E-state index contributed by atoms with van der Waals surface area (Å²) in [6, 6.07) is 3.63. The Balaban J connectivity index is 1.87. The molecule has 104 valence electrons. The van der Waals surface area contributed by atoms with Gasteiger partial charge in [-0.25, -0.2) is 0 Å². The van der Waals surface area contributed by atoms with Crippen molar-refractivity contribution in [2.45, 2.75) is 26.4 Å². The van der Waals surface area contributed by atoms with Crippen LogP contribution in [0.2, 0.25) is 0 Å². The van der Waals surface area contributed by atoms with Crippen molar-refractivity contribution in [1.29, 1.82) is 0 Å². The van der Waals surface area contributed by atoms with Crippen LogP contribution in [0.25, 0.3) is 0 Å². The van der Waals surface area contributed by atoms with Gasteiger partial charge in [0.25, 0.3) is 0 Å². The lowest BCUT2D eigenvalue weighted by Gasteiger charge is -2.36. The first-order valence-electron chi connectivity index (χ1n) is 6.67. The molecule has 0 amide bonds. The number of rotatable bonds is 4. The van der Waals surface area contributed by atoms with E-state index in [0.717, 1.165) is 38.4 Å². The number of carboxylic acid groups (broad SMARTS) is 1. The van der Waals surface area contributed by atoms with Crippen molar-refractivity contribution < 1.29 is 9.90 Å². The number of carbonyl (C=O) groups is 1. The molecule has 1 aliphatic heterocycles. The van der Waals surface area contributed by atoms with E-state index in [1.54, 1.807) is 6.92 Å². The van der Waals surface area contributed by atoms with Gasteiger partial charge >= 0.3 is 5.97 Å². The first-order chi connectivity index (χ1) is 9.08. The van der Waals surface area contributed by atoms with Gasteiger partial charge in [-0.05, 0) is 25.5 Å². The number of piperazine rings is 1. The van der Waals surface area contributed by atoms with Crippen LogP contribution in [0.15, 0.2) is 18.3 Å². The number of aryl methyl sites for hydroxylation is 1. The summed E-state index contributed by atoms with van der Waals surface area (Å²) < 4.78 is 0. The molecule has 2 heterocycles. The first kappa shape index (κ1) is 14.0. The lowest BCUT2D eigenvalue weighted by molar-refractivity contribution is -0.143. The molecule has 5 nitrogen and oxygen atoms in total. The van der Waals surface area contributed by atoms with Gasteiger partial charge in [-0.15, -0.1) is 0 Å². The molecule has 0 aliphatic carbocycles. The topological polar surface area (TPSA) is 56.7 Å². The van der Waals surface area contributed by atoms with Gasteiger partial charge in [0.15, 0.2) is 0 Å². The van der Waals surface area contributed by atoms with Crippen LogP contribution in [0, 0.1) is 6.92 Å². The molecule has 19 heavy (non-hydrogen) atoms. The highest BCUT2D eigenvalue weighted by Crippen LogP contribution is 2.11. The molecule has 1 aromatic heterocycles. The molecule has 1 atom stereocenters. The fraction of sp³-hybridized carbons (Fsp3) is 0.571. The Hall–Kier alpha value is -1.46. The average Bonchev–Trinajstić information content (AvgIpc) is 2.41. The molecule has 0 saturated carbocycles. The van der Waals surface area contributed by atoms with Crippen molar-refractivity contribution >= 4 is 5.97 Å². The molecule has 5 heteroatoms. The number of pyridine rings is 1. The molecule has 1 unspecified atom stereocenters. The van der Waals surface area contributed by atoms with E-state index >= 15 is 0 Å². The van der Waals surface area contributed by atoms with Crippen LogP contribution in [0.3, 0.4) is 0 Å². The Labute approximate surface area is 113 Å². The van der Waals surface area contributed by atoms with E-state index in [1.165, 1.54) is 5.56 Å². The Morgan fingerprint density at radius 2 is 2.11 bits per heavy atom. The molecule has 1 N–H and O–H groups in total. The summed E-state index contributed by atoms with van der Waals surface area (Å²) in [5.74, 6) is -0.742. The van der Waals surface area contributed by atoms with Crippen LogP contribution in [0.1, 0.15) is 18.2 Å². The van der Waals surface area contributed by atoms with Gasteiger partial charge in [0.05, 0.1) is 5.69 Å².